The molecule has 2 bridgehead atoms. The molecule has 152 valence electrons. The van der Waals surface area contributed by atoms with Gasteiger partial charge in [0.1, 0.15) is 11.9 Å². The van der Waals surface area contributed by atoms with Gasteiger partial charge in [-0.1, -0.05) is 0 Å². The lowest BCUT2D eigenvalue weighted by atomic mass is 9.94. The Hall–Kier alpha value is -1.97. The first-order valence-corrected chi connectivity index (χ1v) is 10.9. The Balaban J connectivity index is 1.68. The first-order chi connectivity index (χ1) is 13.3. The topological polar surface area (TPSA) is 86.6 Å². The second kappa shape index (κ2) is 7.13. The summed E-state index contributed by atoms with van der Waals surface area (Å²) in [6.45, 7) is 4.25. The molecule has 0 saturated carbocycles. The standard InChI is InChI=1S/C19H23FN2O5S/c1-11(2)28(24,25)22-8-17(16-5-12(20)3-4-18(16)22)19(23)27-15-6-13-9-26-10-14(7-15)21-13/h3-5,8,11,13-15,21H,6-7,9-10H2,1-2H3/t13-,14+,15-. The Morgan fingerprint density at radius 2 is 1.96 bits per heavy atom. The normalized spacial score (nSPS) is 25.2. The van der Waals surface area contributed by atoms with Crippen molar-refractivity contribution in [2.75, 3.05) is 13.2 Å². The maximum absolute atomic E-state index is 13.8. The second-order valence-electron chi connectivity index (χ2n) is 7.69. The van der Waals surface area contributed by atoms with Crippen molar-refractivity contribution in [1.82, 2.24) is 9.29 Å². The average molecular weight is 410 g/mol. The molecule has 2 fully saturated rings. The van der Waals surface area contributed by atoms with Crippen molar-refractivity contribution in [3.63, 3.8) is 0 Å². The van der Waals surface area contributed by atoms with Crippen molar-refractivity contribution in [3.8, 4) is 0 Å². The number of rotatable bonds is 4. The highest BCUT2D eigenvalue weighted by Crippen LogP contribution is 2.28. The molecule has 0 unspecified atom stereocenters. The molecule has 1 aromatic carbocycles. The number of benzene rings is 1. The van der Waals surface area contributed by atoms with Crippen LogP contribution in [0.3, 0.4) is 0 Å². The molecule has 0 amide bonds. The van der Waals surface area contributed by atoms with E-state index in [0.717, 1.165) is 3.97 Å². The number of halogens is 1. The molecule has 2 aromatic rings. The number of morpholine rings is 1. The van der Waals surface area contributed by atoms with E-state index in [2.05, 4.69) is 5.32 Å². The van der Waals surface area contributed by atoms with Crippen molar-refractivity contribution in [1.29, 1.82) is 0 Å². The van der Waals surface area contributed by atoms with Gasteiger partial charge < -0.3 is 14.8 Å². The Kier molecular flexibility index (Phi) is 4.93. The quantitative estimate of drug-likeness (QED) is 0.777. The van der Waals surface area contributed by atoms with E-state index in [1.165, 1.54) is 24.4 Å². The first kappa shape index (κ1) is 19.4. The van der Waals surface area contributed by atoms with Crippen LogP contribution in [0.1, 0.15) is 37.0 Å². The molecule has 0 radical (unpaired) electrons. The summed E-state index contributed by atoms with van der Waals surface area (Å²) in [5, 5.41) is 2.95. The van der Waals surface area contributed by atoms with Gasteiger partial charge in [0.05, 0.1) is 29.5 Å². The number of hydrogen-bond donors (Lipinski definition) is 1. The zero-order valence-electron chi connectivity index (χ0n) is 15.7. The van der Waals surface area contributed by atoms with Crippen molar-refractivity contribution >= 4 is 26.9 Å². The lowest BCUT2D eigenvalue weighted by Gasteiger charge is -2.39. The Bertz CT molecular complexity index is 1000. The van der Waals surface area contributed by atoms with Gasteiger partial charge in [0.15, 0.2) is 0 Å². The molecule has 3 heterocycles. The lowest BCUT2D eigenvalue weighted by molar-refractivity contribution is -0.0339. The molecule has 3 atom stereocenters. The van der Waals surface area contributed by atoms with E-state index in [4.69, 9.17) is 9.47 Å². The van der Waals surface area contributed by atoms with Crippen molar-refractivity contribution in [2.45, 2.75) is 50.1 Å². The number of piperidine rings is 1. The van der Waals surface area contributed by atoms with E-state index in [1.807, 2.05) is 0 Å². The molecular weight excluding hydrogens is 387 g/mol. The van der Waals surface area contributed by atoms with Crippen LogP contribution < -0.4 is 5.32 Å². The van der Waals surface area contributed by atoms with Crippen LogP contribution in [-0.2, 0) is 19.5 Å². The summed E-state index contributed by atoms with van der Waals surface area (Å²) in [7, 11) is -3.71. The predicted octanol–water partition coefficient (Wildman–Crippen LogP) is 2.04. The summed E-state index contributed by atoms with van der Waals surface area (Å²) in [4.78, 5) is 12.9. The van der Waals surface area contributed by atoms with Gasteiger partial charge in [-0.2, -0.15) is 0 Å². The maximum atomic E-state index is 13.8. The number of carbonyl (C=O) groups excluding carboxylic acids is 1. The van der Waals surface area contributed by atoms with Crippen LogP contribution in [0.2, 0.25) is 0 Å². The van der Waals surface area contributed by atoms with Crippen molar-refractivity contribution in [2.24, 2.45) is 0 Å². The summed E-state index contributed by atoms with van der Waals surface area (Å²) in [5.41, 5.74) is 0.316. The van der Waals surface area contributed by atoms with Crippen molar-refractivity contribution < 1.29 is 27.1 Å². The van der Waals surface area contributed by atoms with Crippen LogP contribution >= 0.6 is 0 Å². The number of ether oxygens (including phenoxy) is 2. The molecule has 7 nitrogen and oxygen atoms in total. The van der Waals surface area contributed by atoms with Gasteiger partial charge in [-0.3, -0.25) is 0 Å². The van der Waals surface area contributed by atoms with Crippen LogP contribution in [0.4, 0.5) is 4.39 Å². The summed E-state index contributed by atoms with van der Waals surface area (Å²) in [5.74, 6) is -1.19. The Morgan fingerprint density at radius 1 is 1.29 bits per heavy atom. The van der Waals surface area contributed by atoms with Gasteiger partial charge in [0.2, 0.25) is 10.0 Å². The minimum atomic E-state index is -3.71. The predicted molar refractivity (Wildman–Crippen MR) is 101 cm³/mol. The number of nitrogens with one attached hydrogen (secondary N) is 1. The van der Waals surface area contributed by atoms with E-state index in [0.29, 0.717) is 26.1 Å². The number of fused-ring (bicyclic) bond motifs is 3. The number of nitrogens with zero attached hydrogens (tertiary/aromatic N) is 1. The van der Waals surface area contributed by atoms with Crippen LogP contribution in [0.15, 0.2) is 24.4 Å². The summed E-state index contributed by atoms with van der Waals surface area (Å²) < 4.78 is 51.4. The van der Waals surface area contributed by atoms with E-state index in [-0.39, 0.29) is 34.7 Å². The summed E-state index contributed by atoms with van der Waals surface area (Å²) >= 11 is 0. The fourth-order valence-corrected chi connectivity index (χ4v) is 5.01. The van der Waals surface area contributed by atoms with E-state index < -0.39 is 27.1 Å². The van der Waals surface area contributed by atoms with Crippen LogP contribution in [-0.4, -0.2) is 55.0 Å². The maximum Gasteiger partial charge on any atom is 0.340 e. The molecule has 1 aromatic heterocycles. The number of carbonyl (C=O) groups is 1. The Labute approximate surface area is 162 Å². The average Bonchev–Trinajstić information content (AvgIpc) is 3.00. The lowest BCUT2D eigenvalue weighted by Crippen LogP contribution is -2.56. The molecule has 2 aliphatic rings. The van der Waals surface area contributed by atoms with Crippen LogP contribution in [0, 0.1) is 5.82 Å². The second-order valence-corrected chi connectivity index (χ2v) is 10.1. The first-order valence-electron chi connectivity index (χ1n) is 9.35. The van der Waals surface area contributed by atoms with Gasteiger partial charge in [0, 0.05) is 36.5 Å². The van der Waals surface area contributed by atoms with Gasteiger partial charge in [-0.05, 0) is 32.0 Å². The largest absolute Gasteiger partial charge is 0.459 e. The molecule has 2 aliphatic heterocycles. The molecular formula is C19H23FN2O5S. The number of esters is 1. The molecule has 9 heteroatoms. The van der Waals surface area contributed by atoms with E-state index >= 15 is 0 Å². The van der Waals surface area contributed by atoms with Crippen LogP contribution in [0.5, 0.6) is 0 Å². The van der Waals surface area contributed by atoms with E-state index in [1.54, 1.807) is 13.8 Å². The van der Waals surface area contributed by atoms with E-state index in [9.17, 15) is 17.6 Å². The minimum Gasteiger partial charge on any atom is -0.459 e. The fraction of sp³-hybridized carbons (Fsp3) is 0.526. The molecule has 2 saturated heterocycles. The van der Waals surface area contributed by atoms with Crippen LogP contribution in [0.25, 0.3) is 10.9 Å². The molecule has 0 aliphatic carbocycles. The SMILES string of the molecule is CC(C)S(=O)(=O)n1cc(C(=O)O[C@H]2C[C@H]3COC[C@@H](C2)N3)c2cc(F)ccc21. The fourth-order valence-electron chi connectivity index (χ4n) is 3.87. The van der Waals surface area contributed by atoms with Gasteiger partial charge in [-0.25, -0.2) is 21.6 Å². The molecule has 0 spiro atoms. The molecule has 1 N–H and O–H groups in total. The van der Waals surface area contributed by atoms with Gasteiger partial charge in [0.25, 0.3) is 0 Å². The Morgan fingerprint density at radius 3 is 2.61 bits per heavy atom. The minimum absolute atomic E-state index is 0.0543. The number of aromatic nitrogens is 1. The molecule has 28 heavy (non-hydrogen) atoms. The monoisotopic (exact) mass is 410 g/mol. The van der Waals surface area contributed by atoms with Crippen molar-refractivity contribution in [3.05, 3.63) is 35.8 Å². The zero-order chi connectivity index (χ0) is 20.1. The van der Waals surface area contributed by atoms with Gasteiger partial charge >= 0.3 is 5.97 Å². The summed E-state index contributed by atoms with van der Waals surface area (Å²) in [6, 6.07) is 3.98. The summed E-state index contributed by atoms with van der Waals surface area (Å²) in [6.07, 6.45) is 2.20. The molecule has 4 rings (SSSR count). The highest BCUT2D eigenvalue weighted by atomic mass is 32.2. The third-order valence-corrected chi connectivity index (χ3v) is 7.34. The highest BCUT2D eigenvalue weighted by Gasteiger charge is 2.34. The third kappa shape index (κ3) is 3.42. The third-order valence-electron chi connectivity index (χ3n) is 5.30. The smallest absolute Gasteiger partial charge is 0.340 e. The number of hydrogen-bond acceptors (Lipinski definition) is 6. The van der Waals surface area contributed by atoms with Gasteiger partial charge in [-0.15, -0.1) is 0 Å². The zero-order valence-corrected chi connectivity index (χ0v) is 16.5. The highest BCUT2D eigenvalue weighted by molar-refractivity contribution is 7.90.